The van der Waals surface area contributed by atoms with Crippen LogP contribution in [-0.4, -0.2) is 47.8 Å². The third kappa shape index (κ3) is 7.19. The van der Waals surface area contributed by atoms with Crippen molar-refractivity contribution in [2.45, 2.75) is 25.4 Å². The maximum atomic E-state index is 11.0. The molecular weight excluding hydrogens is 322 g/mol. The Morgan fingerprint density at radius 2 is 1.96 bits per heavy atom. The van der Waals surface area contributed by atoms with Crippen LogP contribution in [0.4, 0.5) is 5.69 Å². The molecule has 0 amide bonds. The summed E-state index contributed by atoms with van der Waals surface area (Å²) < 4.78 is 0. The Morgan fingerprint density at radius 3 is 2.44 bits per heavy atom. The molecule has 0 saturated carbocycles. The lowest BCUT2D eigenvalue weighted by Gasteiger charge is -2.21. The van der Waals surface area contributed by atoms with Crippen LogP contribution in [0.15, 0.2) is 48.7 Å². The van der Waals surface area contributed by atoms with E-state index in [2.05, 4.69) is 16.3 Å². The highest BCUT2D eigenvalue weighted by molar-refractivity contribution is 5.74. The van der Waals surface area contributed by atoms with Crippen molar-refractivity contribution in [2.75, 3.05) is 18.5 Å². The van der Waals surface area contributed by atoms with Crippen molar-refractivity contribution in [1.29, 1.82) is 0 Å². The Kier molecular flexibility index (Phi) is 8.38. The van der Waals surface area contributed by atoms with Crippen LogP contribution < -0.4 is 16.0 Å². The second-order valence-corrected chi connectivity index (χ2v) is 5.60. The van der Waals surface area contributed by atoms with E-state index in [0.717, 1.165) is 17.8 Å². The van der Waals surface area contributed by atoms with E-state index < -0.39 is 24.0 Å². The standard InChI is InChI=1S/C15H18N2O2.C3H7NO2/c1-16-14(15(18)19)11-12-6-5-7-13(10-12)17-8-3-2-4-9-17;1-2(4)3(5)6/h2-8,10,14,16H,9,11H2,1H3,(H,18,19);2H,4H2,1H3,(H,5,6). The first kappa shape index (κ1) is 20.4. The second-order valence-electron chi connectivity index (χ2n) is 5.60. The topological polar surface area (TPSA) is 116 Å². The Morgan fingerprint density at radius 1 is 1.28 bits per heavy atom. The predicted molar refractivity (Wildman–Crippen MR) is 97.5 cm³/mol. The van der Waals surface area contributed by atoms with Crippen LogP contribution in [0.25, 0.3) is 0 Å². The summed E-state index contributed by atoms with van der Waals surface area (Å²) in [6.45, 7) is 2.26. The third-order valence-corrected chi connectivity index (χ3v) is 3.53. The monoisotopic (exact) mass is 347 g/mol. The zero-order valence-electron chi connectivity index (χ0n) is 14.4. The molecule has 2 unspecified atom stereocenters. The maximum absolute atomic E-state index is 11.0. The smallest absolute Gasteiger partial charge is 0.321 e. The van der Waals surface area contributed by atoms with E-state index in [9.17, 15) is 9.59 Å². The van der Waals surface area contributed by atoms with Gasteiger partial charge in [-0.1, -0.05) is 24.3 Å². The van der Waals surface area contributed by atoms with Gasteiger partial charge < -0.3 is 26.2 Å². The van der Waals surface area contributed by atoms with Crippen LogP contribution in [-0.2, 0) is 16.0 Å². The SMILES string of the molecule is CC(N)C(=O)O.CNC(Cc1cccc(N2C=CC=CC2)c1)C(=O)O. The van der Waals surface area contributed by atoms with Crippen molar-refractivity contribution in [3.63, 3.8) is 0 Å². The van der Waals surface area contributed by atoms with Gasteiger partial charge in [-0.15, -0.1) is 0 Å². The molecule has 1 aliphatic heterocycles. The first-order chi connectivity index (χ1) is 11.8. The van der Waals surface area contributed by atoms with E-state index in [1.807, 2.05) is 42.6 Å². The van der Waals surface area contributed by atoms with Gasteiger partial charge in [0.15, 0.2) is 0 Å². The number of likely N-dealkylation sites (N-methyl/N-ethyl adjacent to an activating group) is 1. The minimum atomic E-state index is -0.963. The third-order valence-electron chi connectivity index (χ3n) is 3.53. The number of carbonyl (C=O) groups is 2. The van der Waals surface area contributed by atoms with E-state index in [1.165, 1.54) is 6.92 Å². The molecule has 1 aromatic carbocycles. The molecule has 136 valence electrons. The fraction of sp³-hybridized carbons (Fsp3) is 0.333. The van der Waals surface area contributed by atoms with Gasteiger partial charge in [-0.2, -0.15) is 0 Å². The number of hydrogen-bond acceptors (Lipinski definition) is 5. The van der Waals surface area contributed by atoms with Crippen molar-refractivity contribution in [2.24, 2.45) is 5.73 Å². The van der Waals surface area contributed by atoms with Crippen LogP contribution in [0.1, 0.15) is 12.5 Å². The number of nitrogens with two attached hydrogens (primary N) is 1. The van der Waals surface area contributed by atoms with E-state index >= 15 is 0 Å². The summed E-state index contributed by atoms with van der Waals surface area (Å²) in [5.41, 5.74) is 6.93. The van der Waals surface area contributed by atoms with Crippen LogP contribution >= 0.6 is 0 Å². The number of aliphatic carboxylic acids is 2. The molecule has 0 aromatic heterocycles. The molecule has 25 heavy (non-hydrogen) atoms. The van der Waals surface area contributed by atoms with E-state index in [-0.39, 0.29) is 0 Å². The second kappa shape index (κ2) is 10.3. The molecule has 0 aliphatic carbocycles. The minimum Gasteiger partial charge on any atom is -0.480 e. The zero-order chi connectivity index (χ0) is 18.8. The first-order valence-electron chi connectivity index (χ1n) is 7.92. The normalized spacial score (nSPS) is 15.1. The highest BCUT2D eigenvalue weighted by atomic mass is 16.4. The quantitative estimate of drug-likeness (QED) is 0.611. The van der Waals surface area contributed by atoms with E-state index in [4.69, 9.17) is 15.9 Å². The minimum absolute atomic E-state index is 0.479. The molecule has 0 spiro atoms. The van der Waals surface area contributed by atoms with Crippen LogP contribution in [0.5, 0.6) is 0 Å². The molecule has 7 heteroatoms. The van der Waals surface area contributed by atoms with E-state index in [0.29, 0.717) is 6.42 Å². The van der Waals surface area contributed by atoms with Gasteiger partial charge in [-0.3, -0.25) is 9.59 Å². The fourth-order valence-electron chi connectivity index (χ4n) is 2.07. The lowest BCUT2D eigenvalue weighted by atomic mass is 10.0. The van der Waals surface area contributed by atoms with Gasteiger partial charge in [0.05, 0.1) is 0 Å². The molecular formula is C18H25N3O4. The van der Waals surface area contributed by atoms with E-state index in [1.54, 1.807) is 7.05 Å². The van der Waals surface area contributed by atoms with Gasteiger partial charge in [0, 0.05) is 18.4 Å². The summed E-state index contributed by atoms with van der Waals surface area (Å²) >= 11 is 0. The van der Waals surface area contributed by atoms with Gasteiger partial charge in [0.25, 0.3) is 0 Å². The maximum Gasteiger partial charge on any atom is 0.321 e. The molecule has 0 fully saturated rings. The van der Waals surface area contributed by atoms with Crippen molar-refractivity contribution >= 4 is 17.6 Å². The summed E-state index contributed by atoms with van der Waals surface area (Å²) in [5.74, 6) is -1.79. The number of nitrogens with one attached hydrogen (secondary N) is 1. The van der Waals surface area contributed by atoms with Gasteiger partial charge in [0.2, 0.25) is 0 Å². The molecule has 0 saturated heterocycles. The average molecular weight is 347 g/mol. The average Bonchev–Trinajstić information content (AvgIpc) is 2.61. The highest BCUT2D eigenvalue weighted by Gasteiger charge is 2.15. The molecule has 1 heterocycles. The first-order valence-corrected chi connectivity index (χ1v) is 7.92. The van der Waals surface area contributed by atoms with Crippen molar-refractivity contribution in [3.8, 4) is 0 Å². The fourth-order valence-corrected chi connectivity index (χ4v) is 2.07. The van der Waals surface area contributed by atoms with Crippen molar-refractivity contribution < 1.29 is 19.8 Å². The largest absolute Gasteiger partial charge is 0.480 e. The number of anilines is 1. The summed E-state index contributed by atoms with van der Waals surface area (Å²) in [4.78, 5) is 22.7. The lowest BCUT2D eigenvalue weighted by molar-refractivity contribution is -0.139. The summed E-state index contributed by atoms with van der Waals surface area (Å²) in [6.07, 6.45) is 8.59. The number of carboxylic acids is 2. The molecule has 2 rings (SSSR count). The van der Waals surface area contributed by atoms with Crippen molar-refractivity contribution in [1.82, 2.24) is 5.32 Å². The van der Waals surface area contributed by atoms with Gasteiger partial charge in [0.1, 0.15) is 12.1 Å². The van der Waals surface area contributed by atoms with Gasteiger partial charge in [-0.25, -0.2) is 0 Å². The summed E-state index contributed by atoms with van der Waals surface area (Å²) in [6, 6.07) is 6.71. The van der Waals surface area contributed by atoms with Crippen LogP contribution in [0.2, 0.25) is 0 Å². The molecule has 7 nitrogen and oxygen atoms in total. The molecule has 1 aliphatic rings. The molecule has 1 aromatic rings. The van der Waals surface area contributed by atoms with Gasteiger partial charge in [-0.05, 0) is 44.2 Å². The number of benzene rings is 1. The molecule has 5 N–H and O–H groups in total. The Hall–Kier alpha value is -2.64. The zero-order valence-corrected chi connectivity index (χ0v) is 14.4. The number of rotatable bonds is 6. The van der Waals surface area contributed by atoms with Gasteiger partial charge >= 0.3 is 11.9 Å². The molecule has 2 atom stereocenters. The highest BCUT2D eigenvalue weighted by Crippen LogP contribution is 2.19. The summed E-state index contributed by atoms with van der Waals surface area (Å²) in [5, 5.41) is 19.7. The number of allylic oxidation sites excluding steroid dienone is 2. The number of hydrogen-bond donors (Lipinski definition) is 4. The Labute approximate surface area is 147 Å². The molecule has 0 radical (unpaired) electrons. The van der Waals surface area contributed by atoms with Crippen molar-refractivity contribution in [3.05, 3.63) is 54.3 Å². The Balaban J connectivity index is 0.000000450. The summed E-state index contributed by atoms with van der Waals surface area (Å²) in [7, 11) is 1.67. The predicted octanol–water partition coefficient (Wildman–Crippen LogP) is 1.21. The van der Waals surface area contributed by atoms with Crippen LogP contribution in [0, 0.1) is 0 Å². The number of nitrogens with zero attached hydrogens (tertiary/aromatic N) is 1. The van der Waals surface area contributed by atoms with Crippen LogP contribution in [0.3, 0.4) is 0 Å². The molecule has 0 bridgehead atoms. The lowest BCUT2D eigenvalue weighted by Crippen LogP contribution is -2.35. The Bertz CT molecular complexity index is 641. The number of carboxylic acid groups (broad SMARTS) is 2.